The maximum Gasteiger partial charge on any atom is 0.266 e. The molecule has 0 spiro atoms. The Morgan fingerprint density at radius 3 is 2.62 bits per heavy atom. The molecule has 0 aromatic carbocycles. The first kappa shape index (κ1) is 24.5. The van der Waals surface area contributed by atoms with Crippen molar-refractivity contribution in [1.29, 1.82) is 0 Å². The lowest BCUT2D eigenvalue weighted by atomic mass is 9.62. The molecule has 0 bridgehead atoms. The molecule has 3 aliphatic rings. The Balaban J connectivity index is 1.57. The number of allylic oxidation sites excluding steroid dienone is 1. The van der Waals surface area contributed by atoms with Crippen LogP contribution in [0.25, 0.3) is 0 Å². The fraction of sp³-hybridized carbons (Fsp3) is 0.577. The van der Waals surface area contributed by atoms with E-state index in [2.05, 4.69) is 30.6 Å². The van der Waals surface area contributed by atoms with Crippen molar-refractivity contribution >= 4 is 29.1 Å². The quantitative estimate of drug-likeness (QED) is 0.543. The molecule has 0 saturated heterocycles. The maximum absolute atomic E-state index is 13.2. The molecule has 1 fully saturated rings. The number of primary amides is 1. The van der Waals surface area contributed by atoms with E-state index in [1.807, 2.05) is 23.4 Å². The van der Waals surface area contributed by atoms with Gasteiger partial charge in [-0.1, -0.05) is 38.3 Å². The summed E-state index contributed by atoms with van der Waals surface area (Å²) in [4.78, 5) is 40.2. The van der Waals surface area contributed by atoms with Gasteiger partial charge in [-0.2, -0.15) is 0 Å². The average molecular weight is 485 g/mol. The van der Waals surface area contributed by atoms with E-state index in [0.717, 1.165) is 37.0 Å². The maximum atomic E-state index is 13.2. The van der Waals surface area contributed by atoms with E-state index in [1.54, 1.807) is 6.07 Å². The first-order chi connectivity index (χ1) is 16.1. The zero-order chi connectivity index (χ0) is 24.5. The Morgan fingerprint density at radius 1 is 1.24 bits per heavy atom. The van der Waals surface area contributed by atoms with Gasteiger partial charge in [0.25, 0.3) is 5.91 Å². The van der Waals surface area contributed by atoms with Crippen molar-refractivity contribution in [2.24, 2.45) is 17.1 Å². The molecule has 1 saturated carbocycles. The topological polar surface area (TPSA) is 105 Å². The second kappa shape index (κ2) is 9.56. The van der Waals surface area contributed by atoms with Crippen molar-refractivity contribution in [2.45, 2.75) is 77.2 Å². The molecule has 2 atom stereocenters. The lowest BCUT2D eigenvalue weighted by Crippen LogP contribution is -2.54. The van der Waals surface area contributed by atoms with Crippen LogP contribution in [0.4, 0.5) is 0 Å². The number of nitrogens with one attached hydrogen (secondary N) is 2. The van der Waals surface area contributed by atoms with E-state index >= 15 is 0 Å². The largest absolute Gasteiger partial charge is 0.370 e. The van der Waals surface area contributed by atoms with Crippen molar-refractivity contribution < 1.29 is 14.4 Å². The minimum Gasteiger partial charge on any atom is -0.370 e. The van der Waals surface area contributed by atoms with Crippen LogP contribution in [-0.4, -0.2) is 35.2 Å². The number of hydrogen-bond acceptors (Lipinski definition) is 5. The summed E-state index contributed by atoms with van der Waals surface area (Å²) in [5.74, 6) is 0.461. The molecule has 2 unspecified atom stereocenters. The number of carbonyl (C=O) groups is 3. The van der Waals surface area contributed by atoms with Crippen molar-refractivity contribution in [3.8, 4) is 0 Å². The van der Waals surface area contributed by atoms with Gasteiger partial charge >= 0.3 is 0 Å². The molecular formula is C26H36N4O3S. The van der Waals surface area contributed by atoms with Crippen molar-refractivity contribution in [3.63, 3.8) is 0 Å². The fourth-order valence-corrected chi connectivity index (χ4v) is 6.42. The van der Waals surface area contributed by atoms with E-state index in [0.29, 0.717) is 30.0 Å². The minimum absolute atomic E-state index is 0.113. The second-order valence-corrected chi connectivity index (χ2v) is 11.3. The van der Waals surface area contributed by atoms with Crippen molar-refractivity contribution in [2.75, 3.05) is 7.05 Å². The van der Waals surface area contributed by atoms with Gasteiger partial charge < -0.3 is 21.3 Å². The number of thiophene rings is 1. The lowest BCUT2D eigenvalue weighted by molar-refractivity contribution is -0.133. The number of amides is 3. The van der Waals surface area contributed by atoms with Gasteiger partial charge in [-0.3, -0.25) is 14.4 Å². The molecule has 1 aliphatic heterocycles. The summed E-state index contributed by atoms with van der Waals surface area (Å²) in [6, 6.07) is 3.64. The smallest absolute Gasteiger partial charge is 0.266 e. The summed E-state index contributed by atoms with van der Waals surface area (Å²) in [6.07, 6.45) is 9.64. The monoisotopic (exact) mass is 484 g/mol. The third-order valence-corrected chi connectivity index (χ3v) is 9.06. The van der Waals surface area contributed by atoms with Crippen LogP contribution >= 0.6 is 11.3 Å². The highest BCUT2D eigenvalue weighted by atomic mass is 32.1. The Kier molecular flexibility index (Phi) is 6.90. The summed E-state index contributed by atoms with van der Waals surface area (Å²) in [7, 11) is 1.89. The summed E-state index contributed by atoms with van der Waals surface area (Å²) in [6.45, 7) is 4.32. The van der Waals surface area contributed by atoms with Crippen LogP contribution in [0.5, 0.6) is 0 Å². The number of hydrogen-bond donors (Lipinski definition) is 3. The van der Waals surface area contributed by atoms with Crippen molar-refractivity contribution in [1.82, 2.24) is 15.5 Å². The molecular weight excluding hydrogens is 448 g/mol. The summed E-state index contributed by atoms with van der Waals surface area (Å²) >= 11 is 1.39. The van der Waals surface area contributed by atoms with Gasteiger partial charge in [0.05, 0.1) is 10.4 Å². The van der Waals surface area contributed by atoms with Crippen LogP contribution in [0, 0.1) is 11.3 Å². The molecule has 4 N–H and O–H groups in total. The molecule has 3 amide bonds. The van der Waals surface area contributed by atoms with E-state index in [4.69, 9.17) is 5.73 Å². The number of nitrogens with zero attached hydrogens (tertiary/aromatic N) is 1. The standard InChI is InChI=1S/C26H36N4O3S/c1-25-14-13-18(30(3)24(33)17-8-5-4-6-9-17)16-26(25,2)29-22(19(25)11-12-21(27)31)28-23(32)20-10-7-15-34-20/h7,10,13,15,17,29H,4-6,8-9,11-12,14,16H2,1-3H3,(H2,27,31)(H,28,32). The average Bonchev–Trinajstić information content (AvgIpc) is 3.42. The van der Waals surface area contributed by atoms with Gasteiger partial charge in [0.15, 0.2) is 0 Å². The number of carbonyl (C=O) groups excluding carboxylic acids is 3. The van der Waals surface area contributed by atoms with E-state index in [9.17, 15) is 14.4 Å². The molecule has 2 aliphatic carbocycles. The Morgan fingerprint density at radius 2 is 1.97 bits per heavy atom. The van der Waals surface area contributed by atoms with E-state index in [-0.39, 0.29) is 35.5 Å². The fourth-order valence-electron chi connectivity index (χ4n) is 5.80. The Bertz CT molecular complexity index is 1020. The lowest BCUT2D eigenvalue weighted by Gasteiger charge is -2.47. The first-order valence-electron chi connectivity index (χ1n) is 12.3. The predicted octanol–water partition coefficient (Wildman–Crippen LogP) is 4.04. The summed E-state index contributed by atoms with van der Waals surface area (Å²) in [5, 5.41) is 8.54. The Hall–Kier alpha value is -2.61. The van der Waals surface area contributed by atoms with Crippen LogP contribution in [0.1, 0.15) is 81.3 Å². The minimum atomic E-state index is -0.413. The molecule has 0 radical (unpaired) electrons. The van der Waals surface area contributed by atoms with Crippen LogP contribution in [-0.2, 0) is 9.59 Å². The molecule has 184 valence electrons. The van der Waals surface area contributed by atoms with Gasteiger partial charge in [-0.15, -0.1) is 11.3 Å². The van der Waals surface area contributed by atoms with Gasteiger partial charge in [0, 0.05) is 36.9 Å². The molecule has 34 heavy (non-hydrogen) atoms. The highest BCUT2D eigenvalue weighted by Gasteiger charge is 2.55. The van der Waals surface area contributed by atoms with Crippen LogP contribution < -0.4 is 16.4 Å². The van der Waals surface area contributed by atoms with Crippen LogP contribution in [0.15, 0.2) is 40.7 Å². The van der Waals surface area contributed by atoms with Gasteiger partial charge in [0.2, 0.25) is 11.8 Å². The molecule has 4 rings (SSSR count). The van der Waals surface area contributed by atoms with Gasteiger partial charge in [-0.25, -0.2) is 0 Å². The van der Waals surface area contributed by atoms with Gasteiger partial charge in [0.1, 0.15) is 5.82 Å². The number of fused-ring (bicyclic) bond motifs is 1. The second-order valence-electron chi connectivity index (χ2n) is 10.3. The zero-order valence-electron chi connectivity index (χ0n) is 20.4. The van der Waals surface area contributed by atoms with Crippen LogP contribution in [0.2, 0.25) is 0 Å². The SMILES string of the molecule is CN(C(=O)C1CCCCC1)C1=CCC2(C)C(CCC(N)=O)=C(NC(=O)c3cccs3)NC2(C)C1. The highest BCUT2D eigenvalue weighted by Crippen LogP contribution is 2.54. The van der Waals surface area contributed by atoms with Crippen LogP contribution in [0.3, 0.4) is 0 Å². The third kappa shape index (κ3) is 4.52. The highest BCUT2D eigenvalue weighted by molar-refractivity contribution is 7.12. The molecule has 1 aromatic heterocycles. The molecule has 7 nitrogen and oxygen atoms in total. The summed E-state index contributed by atoms with van der Waals surface area (Å²) < 4.78 is 0. The number of rotatable bonds is 7. The summed E-state index contributed by atoms with van der Waals surface area (Å²) in [5.41, 5.74) is 6.77. The molecule has 2 heterocycles. The normalized spacial score (nSPS) is 27.0. The zero-order valence-corrected chi connectivity index (χ0v) is 21.2. The van der Waals surface area contributed by atoms with E-state index in [1.165, 1.54) is 17.8 Å². The van der Waals surface area contributed by atoms with Crippen molar-refractivity contribution in [3.05, 3.63) is 45.6 Å². The predicted molar refractivity (Wildman–Crippen MR) is 134 cm³/mol. The number of nitrogens with two attached hydrogens (primary N) is 1. The van der Waals surface area contributed by atoms with Gasteiger partial charge in [-0.05, 0) is 49.6 Å². The van der Waals surface area contributed by atoms with E-state index < -0.39 is 5.54 Å². The Labute approximate surface area is 205 Å². The molecule has 1 aromatic rings. The third-order valence-electron chi connectivity index (χ3n) is 8.19. The molecule has 8 heteroatoms. The first-order valence-corrected chi connectivity index (χ1v) is 13.1.